The second-order valence-corrected chi connectivity index (χ2v) is 16.4. The van der Waals surface area contributed by atoms with Gasteiger partial charge in [0, 0.05) is 15.8 Å². The van der Waals surface area contributed by atoms with Gasteiger partial charge in [-0.25, -0.2) is 0 Å². The molecule has 209 valence electrons. The smallest absolute Gasteiger partial charge is 0.358 e. The van der Waals surface area contributed by atoms with Gasteiger partial charge in [0.2, 0.25) is 0 Å². The minimum Gasteiger partial charge on any atom is -0.358 e. The fourth-order valence-corrected chi connectivity index (χ4v) is 13.7. The van der Waals surface area contributed by atoms with Gasteiger partial charge in [0.25, 0.3) is 0 Å². The molecule has 3 aliphatic rings. The van der Waals surface area contributed by atoms with E-state index in [0.717, 1.165) is 22.6 Å². The fraction of sp³-hybridized carbons (Fsp3) is 0.571. The number of benzene rings is 1. The molecular weight excluding hydrogens is 588 g/mol. The normalized spacial score (nSPS) is 26.9. The van der Waals surface area contributed by atoms with Crippen molar-refractivity contribution in [2.75, 3.05) is 0 Å². The molecule has 4 atom stereocenters. The quantitative estimate of drug-likeness (QED) is 0.0999. The molecule has 0 spiro atoms. The van der Waals surface area contributed by atoms with Crippen LogP contribution in [0.3, 0.4) is 0 Å². The second kappa shape index (κ2) is 21.9. The molecular formula is C28H49BF4P2Rh+2. The van der Waals surface area contributed by atoms with E-state index in [1.165, 1.54) is 51.4 Å². The maximum absolute atomic E-state index is 9.67. The molecule has 2 aliphatic heterocycles. The van der Waals surface area contributed by atoms with E-state index in [-0.39, 0.29) is 54.9 Å². The van der Waals surface area contributed by atoms with Crippen molar-refractivity contribution in [2.45, 2.75) is 102 Å². The Morgan fingerprint density at radius 1 is 0.611 bits per heavy atom. The average molecular weight is 637 g/mol. The van der Waals surface area contributed by atoms with Crippen molar-refractivity contribution in [1.82, 2.24) is 0 Å². The van der Waals surface area contributed by atoms with Gasteiger partial charge in [-0.3, -0.25) is 17.7 Å². The van der Waals surface area contributed by atoms with Crippen molar-refractivity contribution in [3.63, 3.8) is 0 Å². The molecule has 0 amide bonds. The van der Waals surface area contributed by atoms with Crippen molar-refractivity contribution >= 4 is 34.0 Å². The Balaban J connectivity index is -0.000000579. The third kappa shape index (κ3) is 13.2. The summed E-state index contributed by atoms with van der Waals surface area (Å²) < 4.78 is 29.0. The van der Waals surface area contributed by atoms with Crippen LogP contribution in [-0.2, 0) is 19.5 Å². The predicted octanol–water partition coefficient (Wildman–Crippen LogP) is 9.11. The van der Waals surface area contributed by atoms with Crippen molar-refractivity contribution in [3.05, 3.63) is 63.4 Å². The zero-order valence-electron chi connectivity index (χ0n) is 23.0. The summed E-state index contributed by atoms with van der Waals surface area (Å²) in [6.45, 7) is 10.1. The summed E-state index contributed by atoms with van der Waals surface area (Å²) in [7, 11) is -4.33. The van der Waals surface area contributed by atoms with Crippen LogP contribution in [0.2, 0.25) is 0 Å². The van der Waals surface area contributed by atoms with Gasteiger partial charge in [0.05, 0.1) is 22.6 Å². The first-order valence-corrected chi connectivity index (χ1v) is 15.7. The van der Waals surface area contributed by atoms with Crippen LogP contribution < -0.4 is 10.6 Å². The maximum Gasteiger partial charge on any atom is 2.00 e. The number of halogens is 4. The fourth-order valence-electron chi connectivity index (χ4n) is 5.50. The van der Waals surface area contributed by atoms with Gasteiger partial charge < -0.3 is 14.9 Å². The number of hydrogen-bond donors (Lipinski definition) is 0. The van der Waals surface area contributed by atoms with Gasteiger partial charge >= 0.3 is 27.0 Å². The Hall–Kier alpha value is -0.0317. The molecule has 0 nitrogen and oxygen atoms in total. The van der Waals surface area contributed by atoms with E-state index in [1.807, 2.05) is 10.6 Å². The van der Waals surface area contributed by atoms with Crippen LogP contribution in [0, 0.1) is 14.9 Å². The molecule has 2 saturated heterocycles. The van der Waals surface area contributed by atoms with Gasteiger partial charge in [-0.1, -0.05) is 36.4 Å². The Bertz CT molecular complexity index is 644. The van der Waals surface area contributed by atoms with E-state index in [0.29, 0.717) is 0 Å². The van der Waals surface area contributed by atoms with Gasteiger partial charge in [0.1, 0.15) is 10.6 Å². The van der Waals surface area contributed by atoms with Crippen LogP contribution in [0.4, 0.5) is 17.7 Å². The van der Waals surface area contributed by atoms with Crippen molar-refractivity contribution in [1.29, 1.82) is 0 Å². The molecule has 0 saturated carbocycles. The first-order valence-electron chi connectivity index (χ1n) is 12.4. The Morgan fingerprint density at radius 2 is 0.833 bits per heavy atom. The molecule has 8 heteroatoms. The van der Waals surface area contributed by atoms with Crippen molar-refractivity contribution in [2.24, 2.45) is 0 Å². The van der Waals surface area contributed by atoms with Gasteiger partial charge in [-0.05, 0) is 91.2 Å². The Labute approximate surface area is 235 Å². The molecule has 36 heavy (non-hydrogen) atoms. The second-order valence-electron chi connectivity index (χ2n) is 9.56. The molecule has 0 unspecified atom stereocenters. The first kappa shape index (κ1) is 40.5. The van der Waals surface area contributed by atoms with Crippen LogP contribution in [0.15, 0.2) is 48.6 Å². The monoisotopic (exact) mass is 637 g/mol. The molecule has 1 radical (unpaired) electrons. The Morgan fingerprint density at radius 3 is 1.06 bits per heavy atom. The minimum absolute atomic E-state index is 0. The van der Waals surface area contributed by atoms with Gasteiger partial charge in [0.15, 0.2) is 0 Å². The van der Waals surface area contributed by atoms with Gasteiger partial charge in [-0.2, -0.15) is 0 Å². The summed E-state index contributed by atoms with van der Waals surface area (Å²) in [6.07, 6.45) is 19.9. The molecule has 0 N–H and O–H groups in total. The minimum atomic E-state index is -3.67. The number of rotatable bonds is 2. The Kier molecular flexibility index (Phi) is 24.6. The summed E-state index contributed by atoms with van der Waals surface area (Å²) in [5.74, 6) is 0. The molecule has 1 aliphatic carbocycles. The predicted molar refractivity (Wildman–Crippen MR) is 160 cm³/mol. The first-order chi connectivity index (χ1) is 15.3. The van der Waals surface area contributed by atoms with E-state index in [4.69, 9.17) is 0 Å². The van der Waals surface area contributed by atoms with Crippen LogP contribution >= 0.6 is 15.8 Å². The molecule has 1 aromatic rings. The van der Waals surface area contributed by atoms with Crippen molar-refractivity contribution in [3.8, 4) is 0 Å². The number of allylic oxidation sites excluding steroid dienone is 4. The van der Waals surface area contributed by atoms with E-state index >= 15 is 0 Å². The van der Waals surface area contributed by atoms with Crippen LogP contribution in [-0.4, -0.2) is 30.2 Å². The zero-order valence-corrected chi connectivity index (χ0v) is 26.7. The largest absolute Gasteiger partial charge is 2.00 e. The van der Waals surface area contributed by atoms with E-state index in [1.54, 1.807) is 0 Å². The van der Waals surface area contributed by atoms with Crippen LogP contribution in [0.5, 0.6) is 0 Å². The van der Waals surface area contributed by atoms with Crippen LogP contribution in [0.25, 0.3) is 0 Å². The maximum atomic E-state index is 9.67. The molecule has 2 heterocycles. The van der Waals surface area contributed by atoms with E-state index in [9.17, 15) is 12.9 Å². The molecule has 2 fully saturated rings. The summed E-state index contributed by atoms with van der Waals surface area (Å²) in [6, 6.07) is 9.64. The standard InChI is InChI=1S/C18H28P2.C8H12.2CH3.BF3.FH.Rh/c1-13-9-10-14(2)19(13)17-7-5-6-8-18(17)20-15(3)11-12-16(20)4;1-2-4-6-8-7-5-3-1;;;2-1(3)4;;/h5-8,13-16H,9-12H2,1-4H3;1-2,7-8H,3-6H2;2*1H3;;1H;/q;;2*-1;;;+2/p+2/b;2-1-,8-7-;;;;;/t13-,14-,15-,16-;;;;;;/m0....../s1. The third-order valence-corrected chi connectivity index (χ3v) is 14.8. The molecule has 0 bridgehead atoms. The van der Waals surface area contributed by atoms with E-state index in [2.05, 4.69) is 76.3 Å². The van der Waals surface area contributed by atoms with Crippen LogP contribution in [0.1, 0.15) is 79.1 Å². The number of hydrogen-bond acceptors (Lipinski definition) is 0. The van der Waals surface area contributed by atoms with Gasteiger partial charge in [-0.15, -0.1) is 0 Å². The van der Waals surface area contributed by atoms with Crippen molar-refractivity contribution < 1.29 is 37.1 Å². The summed E-state index contributed by atoms with van der Waals surface area (Å²) >= 11 is 0. The average Bonchev–Trinajstić information content (AvgIpc) is 3.22. The summed E-state index contributed by atoms with van der Waals surface area (Å²) in [5.41, 5.74) is 3.91. The third-order valence-electron chi connectivity index (χ3n) is 7.07. The topological polar surface area (TPSA) is 0 Å². The molecule has 0 aromatic heterocycles. The molecule has 1 aromatic carbocycles. The zero-order chi connectivity index (χ0) is 23.5. The van der Waals surface area contributed by atoms with E-state index < -0.39 is 7.54 Å². The summed E-state index contributed by atoms with van der Waals surface area (Å²) in [4.78, 5) is 0. The SMILES string of the molecule is C1=C\CC/C=C\CC/1.C[C@H]1CC[C@H](C)[PH+]1c1ccccc1[PH+]1[C@@H](C)CC[C@@H]1C.F.FB(F)F.[CH3-].[CH3-].[Rh+2]. The summed E-state index contributed by atoms with van der Waals surface area (Å²) in [5, 5.41) is 3.67. The molecule has 4 rings (SSSR count).